The van der Waals surface area contributed by atoms with Crippen LogP contribution in [0.15, 0.2) is 48.5 Å². The van der Waals surface area contributed by atoms with E-state index in [0.29, 0.717) is 16.3 Å². The monoisotopic (exact) mass is 313 g/mol. The molecular weight excluding hydrogens is 298 g/mol. The molecule has 0 aliphatic heterocycles. The van der Waals surface area contributed by atoms with E-state index in [-0.39, 0.29) is 11.7 Å². The minimum Gasteiger partial charge on any atom is -0.325 e. The summed E-state index contributed by atoms with van der Waals surface area (Å²) < 4.78 is 0. The van der Waals surface area contributed by atoms with Gasteiger partial charge in [-0.05, 0) is 49.6 Å². The van der Waals surface area contributed by atoms with E-state index >= 15 is 0 Å². The number of halogens is 1. The van der Waals surface area contributed by atoms with E-state index in [1.165, 1.54) is 6.92 Å². The van der Waals surface area contributed by atoms with E-state index < -0.39 is 5.41 Å². The lowest BCUT2D eigenvalue weighted by Crippen LogP contribution is -2.27. The number of amides is 1. The highest BCUT2D eigenvalue weighted by Gasteiger charge is 2.51. The summed E-state index contributed by atoms with van der Waals surface area (Å²) >= 11 is 5.91. The highest BCUT2D eigenvalue weighted by Crippen LogP contribution is 2.49. The van der Waals surface area contributed by atoms with Gasteiger partial charge in [-0.25, -0.2) is 0 Å². The zero-order valence-electron chi connectivity index (χ0n) is 12.2. The minimum atomic E-state index is -0.461. The lowest BCUT2D eigenvalue weighted by molar-refractivity contribution is -0.118. The Bertz CT molecular complexity index is 733. The Morgan fingerprint density at radius 3 is 2.36 bits per heavy atom. The summed E-state index contributed by atoms with van der Waals surface area (Å²) in [6.07, 6.45) is 1.65. The van der Waals surface area contributed by atoms with Gasteiger partial charge in [0.25, 0.3) is 0 Å². The molecule has 1 fully saturated rings. The molecule has 3 rings (SSSR count). The number of benzene rings is 2. The van der Waals surface area contributed by atoms with Gasteiger partial charge in [-0.3, -0.25) is 9.59 Å². The van der Waals surface area contributed by atoms with Crippen LogP contribution in [0.3, 0.4) is 0 Å². The van der Waals surface area contributed by atoms with Gasteiger partial charge in [-0.15, -0.1) is 0 Å². The summed E-state index contributed by atoms with van der Waals surface area (Å²) in [5, 5.41) is 3.59. The van der Waals surface area contributed by atoms with Crippen molar-refractivity contribution in [2.45, 2.75) is 25.2 Å². The van der Waals surface area contributed by atoms with Gasteiger partial charge >= 0.3 is 0 Å². The molecule has 0 unspecified atom stereocenters. The van der Waals surface area contributed by atoms with Crippen molar-refractivity contribution in [3.8, 4) is 0 Å². The number of anilines is 1. The molecule has 0 aromatic heterocycles. The van der Waals surface area contributed by atoms with Crippen LogP contribution >= 0.6 is 11.6 Å². The first-order valence-electron chi connectivity index (χ1n) is 7.20. The maximum Gasteiger partial charge on any atom is 0.235 e. The Morgan fingerprint density at radius 2 is 1.77 bits per heavy atom. The molecule has 0 heterocycles. The molecule has 1 saturated carbocycles. The quantitative estimate of drug-likeness (QED) is 0.859. The van der Waals surface area contributed by atoms with Crippen molar-refractivity contribution in [3.63, 3.8) is 0 Å². The van der Waals surface area contributed by atoms with Crippen LogP contribution < -0.4 is 5.32 Å². The Labute approximate surface area is 134 Å². The highest BCUT2D eigenvalue weighted by atomic mass is 35.5. The molecule has 0 bridgehead atoms. The van der Waals surface area contributed by atoms with E-state index in [0.717, 1.165) is 18.4 Å². The standard InChI is InChI=1S/C18H16ClNO2/c1-12(21)13-3-2-4-16(11-13)20-17(22)18(9-10-18)14-5-7-15(19)8-6-14/h2-8,11H,9-10H2,1H3,(H,20,22). The van der Waals surface area contributed by atoms with Crippen LogP contribution in [-0.4, -0.2) is 11.7 Å². The van der Waals surface area contributed by atoms with E-state index in [1.807, 2.05) is 12.1 Å². The summed E-state index contributed by atoms with van der Waals surface area (Å²) in [7, 11) is 0. The van der Waals surface area contributed by atoms with Crippen molar-refractivity contribution < 1.29 is 9.59 Å². The zero-order chi connectivity index (χ0) is 15.7. The maximum absolute atomic E-state index is 12.6. The second-order valence-electron chi connectivity index (χ2n) is 5.68. The molecule has 1 N–H and O–H groups in total. The molecule has 3 nitrogen and oxygen atoms in total. The molecule has 0 radical (unpaired) electrons. The lowest BCUT2D eigenvalue weighted by Gasteiger charge is -2.16. The first-order valence-corrected chi connectivity index (χ1v) is 7.58. The number of rotatable bonds is 4. The van der Waals surface area contributed by atoms with E-state index in [4.69, 9.17) is 11.6 Å². The fourth-order valence-electron chi connectivity index (χ4n) is 2.61. The van der Waals surface area contributed by atoms with Crippen LogP contribution in [0.4, 0.5) is 5.69 Å². The molecule has 2 aromatic carbocycles. The van der Waals surface area contributed by atoms with Crippen LogP contribution in [0.1, 0.15) is 35.7 Å². The third-order valence-electron chi connectivity index (χ3n) is 4.11. The molecule has 1 amide bonds. The summed E-state index contributed by atoms with van der Waals surface area (Å²) in [5.41, 5.74) is 1.76. The number of Topliss-reactive ketones (excluding diaryl/α,β-unsaturated/α-hetero) is 1. The smallest absolute Gasteiger partial charge is 0.235 e. The Kier molecular flexibility index (Phi) is 3.75. The summed E-state index contributed by atoms with van der Waals surface area (Å²) in [6, 6.07) is 14.4. The second kappa shape index (κ2) is 5.58. The second-order valence-corrected chi connectivity index (χ2v) is 6.12. The van der Waals surface area contributed by atoms with Gasteiger partial charge in [0.2, 0.25) is 5.91 Å². The van der Waals surface area contributed by atoms with Crippen molar-refractivity contribution >= 4 is 29.0 Å². The molecule has 112 valence electrons. The van der Waals surface area contributed by atoms with Gasteiger partial charge in [0.1, 0.15) is 0 Å². The number of carbonyl (C=O) groups is 2. The van der Waals surface area contributed by atoms with Crippen molar-refractivity contribution in [1.82, 2.24) is 0 Å². The largest absolute Gasteiger partial charge is 0.325 e. The third kappa shape index (κ3) is 2.77. The first kappa shape index (κ1) is 14.8. The van der Waals surface area contributed by atoms with Crippen molar-refractivity contribution in [2.24, 2.45) is 0 Å². The van der Waals surface area contributed by atoms with E-state index in [1.54, 1.807) is 36.4 Å². The zero-order valence-corrected chi connectivity index (χ0v) is 13.0. The molecule has 1 aliphatic carbocycles. The Hall–Kier alpha value is -2.13. The van der Waals surface area contributed by atoms with Crippen molar-refractivity contribution in [3.05, 3.63) is 64.7 Å². The van der Waals surface area contributed by atoms with Gasteiger partial charge in [-0.1, -0.05) is 35.9 Å². The molecule has 0 saturated heterocycles. The number of ketones is 1. The highest BCUT2D eigenvalue weighted by molar-refractivity contribution is 6.30. The fourth-order valence-corrected chi connectivity index (χ4v) is 2.73. The molecule has 1 aliphatic rings. The summed E-state index contributed by atoms with van der Waals surface area (Å²) in [6.45, 7) is 1.51. The number of hydrogen-bond acceptors (Lipinski definition) is 2. The van der Waals surface area contributed by atoms with Gasteiger partial charge in [0.05, 0.1) is 5.41 Å². The fraction of sp³-hybridized carbons (Fsp3) is 0.222. The van der Waals surface area contributed by atoms with E-state index in [2.05, 4.69) is 5.32 Å². The Balaban J connectivity index is 1.81. The van der Waals surface area contributed by atoms with Gasteiger partial charge in [0.15, 0.2) is 5.78 Å². The van der Waals surface area contributed by atoms with Crippen molar-refractivity contribution in [1.29, 1.82) is 0 Å². The molecule has 22 heavy (non-hydrogen) atoms. The van der Waals surface area contributed by atoms with Crippen LogP contribution in [0.2, 0.25) is 5.02 Å². The normalized spacial score (nSPS) is 15.2. The third-order valence-corrected chi connectivity index (χ3v) is 4.36. The number of carbonyl (C=O) groups excluding carboxylic acids is 2. The van der Waals surface area contributed by atoms with Crippen LogP contribution in [-0.2, 0) is 10.2 Å². The van der Waals surface area contributed by atoms with Crippen LogP contribution in [0.5, 0.6) is 0 Å². The molecular formula is C18H16ClNO2. The lowest BCUT2D eigenvalue weighted by atomic mass is 9.95. The summed E-state index contributed by atoms with van der Waals surface area (Å²) in [4.78, 5) is 24.1. The van der Waals surface area contributed by atoms with Crippen LogP contribution in [0, 0.1) is 0 Å². The molecule has 2 aromatic rings. The number of nitrogens with one attached hydrogen (secondary N) is 1. The maximum atomic E-state index is 12.6. The summed E-state index contributed by atoms with van der Waals surface area (Å²) in [5.74, 6) is -0.0505. The average Bonchev–Trinajstić information content (AvgIpc) is 3.30. The molecule has 0 atom stereocenters. The first-order chi connectivity index (χ1) is 10.5. The minimum absolute atomic E-state index is 0.0186. The number of hydrogen-bond donors (Lipinski definition) is 1. The van der Waals surface area contributed by atoms with Gasteiger partial charge < -0.3 is 5.32 Å². The van der Waals surface area contributed by atoms with Crippen molar-refractivity contribution in [2.75, 3.05) is 5.32 Å². The predicted octanol–water partition coefficient (Wildman–Crippen LogP) is 4.21. The Morgan fingerprint density at radius 1 is 1.09 bits per heavy atom. The average molecular weight is 314 g/mol. The topological polar surface area (TPSA) is 46.2 Å². The molecule has 0 spiro atoms. The van der Waals surface area contributed by atoms with Crippen LogP contribution in [0.25, 0.3) is 0 Å². The SMILES string of the molecule is CC(=O)c1cccc(NC(=O)C2(c3ccc(Cl)cc3)CC2)c1. The van der Waals surface area contributed by atoms with Gasteiger partial charge in [-0.2, -0.15) is 0 Å². The van der Waals surface area contributed by atoms with Gasteiger partial charge in [0, 0.05) is 16.3 Å². The molecule has 4 heteroatoms. The predicted molar refractivity (Wildman–Crippen MR) is 87.4 cm³/mol. The van der Waals surface area contributed by atoms with E-state index in [9.17, 15) is 9.59 Å².